The van der Waals surface area contributed by atoms with Gasteiger partial charge in [-0.25, -0.2) is 0 Å². The van der Waals surface area contributed by atoms with Crippen LogP contribution in [-0.4, -0.2) is 48.5 Å². The Morgan fingerprint density at radius 3 is 2.80 bits per heavy atom. The second-order valence-corrected chi connectivity index (χ2v) is 5.28. The Hall–Kier alpha value is -0.220. The lowest BCUT2D eigenvalue weighted by Gasteiger charge is -2.25. The molecule has 4 heteroatoms. The molecule has 0 aliphatic heterocycles. The van der Waals surface area contributed by atoms with E-state index in [2.05, 4.69) is 18.5 Å². The molecule has 15 heavy (non-hydrogen) atoms. The Bertz CT molecular complexity index is 207. The zero-order chi connectivity index (χ0) is 11.3. The van der Waals surface area contributed by atoms with Crippen LogP contribution >= 0.6 is 11.8 Å². The number of hydrogen-bond acceptors (Lipinski definition) is 3. The third-order valence-electron chi connectivity index (χ3n) is 2.91. The van der Waals surface area contributed by atoms with Gasteiger partial charge in [-0.15, -0.1) is 0 Å². The average Bonchev–Trinajstić information content (AvgIpc) is 3.05. The van der Waals surface area contributed by atoms with Crippen molar-refractivity contribution in [2.75, 3.05) is 25.6 Å². The fraction of sp³-hybridized carbons (Fsp3) is 0.909. The van der Waals surface area contributed by atoms with Crippen molar-refractivity contribution in [3.05, 3.63) is 0 Å². The van der Waals surface area contributed by atoms with Crippen LogP contribution in [0.5, 0.6) is 0 Å². The van der Waals surface area contributed by atoms with Crippen molar-refractivity contribution in [1.82, 2.24) is 10.2 Å². The van der Waals surface area contributed by atoms with Gasteiger partial charge in [-0.3, -0.25) is 4.79 Å². The lowest BCUT2D eigenvalue weighted by Crippen LogP contribution is -2.41. The van der Waals surface area contributed by atoms with E-state index in [-0.39, 0.29) is 5.91 Å². The van der Waals surface area contributed by atoms with E-state index in [0.29, 0.717) is 18.6 Å². The number of hydrogen-bond donors (Lipinski definition) is 1. The van der Waals surface area contributed by atoms with Crippen LogP contribution in [0.1, 0.15) is 26.2 Å². The van der Waals surface area contributed by atoms with Gasteiger partial charge >= 0.3 is 0 Å². The van der Waals surface area contributed by atoms with Crippen molar-refractivity contribution in [2.24, 2.45) is 0 Å². The molecular weight excluding hydrogens is 208 g/mol. The van der Waals surface area contributed by atoms with Crippen LogP contribution in [0.4, 0.5) is 0 Å². The van der Waals surface area contributed by atoms with Crippen molar-refractivity contribution >= 4 is 17.7 Å². The number of amides is 1. The van der Waals surface area contributed by atoms with Gasteiger partial charge in [-0.2, -0.15) is 11.8 Å². The molecule has 0 bridgehead atoms. The fourth-order valence-electron chi connectivity index (χ4n) is 1.37. The van der Waals surface area contributed by atoms with Crippen LogP contribution in [0, 0.1) is 0 Å². The highest BCUT2D eigenvalue weighted by Gasteiger charge is 2.23. The van der Waals surface area contributed by atoms with Crippen molar-refractivity contribution in [2.45, 2.75) is 38.3 Å². The SMILES string of the molecule is CSCCC(C)N(C)C(=O)CNC1CC1. The molecule has 0 radical (unpaired) electrons. The van der Waals surface area contributed by atoms with Crippen molar-refractivity contribution < 1.29 is 4.79 Å². The smallest absolute Gasteiger partial charge is 0.236 e. The van der Waals surface area contributed by atoms with Crippen molar-refractivity contribution in [3.8, 4) is 0 Å². The van der Waals surface area contributed by atoms with Gasteiger partial charge in [0.1, 0.15) is 0 Å². The topological polar surface area (TPSA) is 32.3 Å². The summed E-state index contributed by atoms with van der Waals surface area (Å²) in [6, 6.07) is 0.967. The van der Waals surface area contributed by atoms with Crippen LogP contribution in [-0.2, 0) is 4.79 Å². The highest BCUT2D eigenvalue weighted by molar-refractivity contribution is 7.98. The first kappa shape index (κ1) is 12.8. The second-order valence-electron chi connectivity index (χ2n) is 4.29. The number of carbonyl (C=O) groups excluding carboxylic acids is 1. The Labute approximate surface area is 97.0 Å². The molecule has 1 aliphatic rings. The molecule has 1 amide bonds. The van der Waals surface area contributed by atoms with E-state index in [4.69, 9.17) is 0 Å². The highest BCUT2D eigenvalue weighted by atomic mass is 32.2. The molecule has 0 aromatic rings. The predicted octanol–water partition coefficient (Wildman–Crippen LogP) is 1.34. The first-order valence-electron chi connectivity index (χ1n) is 5.63. The first-order valence-corrected chi connectivity index (χ1v) is 7.02. The minimum Gasteiger partial charge on any atom is -0.342 e. The summed E-state index contributed by atoms with van der Waals surface area (Å²) < 4.78 is 0. The molecule has 1 unspecified atom stereocenters. The quantitative estimate of drug-likeness (QED) is 0.716. The van der Waals surface area contributed by atoms with Crippen LogP contribution in [0.2, 0.25) is 0 Å². The van der Waals surface area contributed by atoms with E-state index in [0.717, 1.165) is 12.2 Å². The van der Waals surface area contributed by atoms with Gasteiger partial charge < -0.3 is 10.2 Å². The summed E-state index contributed by atoms with van der Waals surface area (Å²) >= 11 is 1.83. The Morgan fingerprint density at radius 1 is 1.60 bits per heavy atom. The van der Waals surface area contributed by atoms with E-state index < -0.39 is 0 Å². The maximum absolute atomic E-state index is 11.7. The summed E-state index contributed by atoms with van der Waals surface area (Å²) in [7, 11) is 1.90. The number of carbonyl (C=O) groups is 1. The van der Waals surface area contributed by atoms with Gasteiger partial charge in [0.25, 0.3) is 0 Å². The molecule has 0 aromatic heterocycles. The number of nitrogens with one attached hydrogen (secondary N) is 1. The maximum Gasteiger partial charge on any atom is 0.236 e. The molecule has 0 heterocycles. The van der Waals surface area contributed by atoms with Gasteiger partial charge in [-0.1, -0.05) is 0 Å². The van der Waals surface area contributed by atoms with Crippen molar-refractivity contribution in [1.29, 1.82) is 0 Å². The molecule has 88 valence electrons. The Kier molecular flexibility index (Phi) is 5.47. The Balaban J connectivity index is 2.17. The average molecular weight is 230 g/mol. The number of nitrogens with zero attached hydrogens (tertiary/aromatic N) is 1. The van der Waals surface area contributed by atoms with Crippen LogP contribution in [0.25, 0.3) is 0 Å². The third-order valence-corrected chi connectivity index (χ3v) is 3.56. The predicted molar refractivity (Wildman–Crippen MR) is 66.3 cm³/mol. The molecule has 0 spiro atoms. The van der Waals surface area contributed by atoms with Gasteiger partial charge in [0.15, 0.2) is 0 Å². The molecule has 3 nitrogen and oxygen atoms in total. The molecule has 1 fully saturated rings. The summed E-state index contributed by atoms with van der Waals surface area (Å²) in [5, 5.41) is 3.25. The summed E-state index contributed by atoms with van der Waals surface area (Å²) in [6.45, 7) is 2.62. The summed E-state index contributed by atoms with van der Waals surface area (Å²) in [5.74, 6) is 1.34. The zero-order valence-corrected chi connectivity index (χ0v) is 10.8. The standard InChI is InChI=1S/C11H22N2OS/c1-9(6-7-15-3)13(2)11(14)8-12-10-4-5-10/h9-10,12H,4-8H2,1-3H3. The van der Waals surface area contributed by atoms with Crippen LogP contribution in [0.3, 0.4) is 0 Å². The minimum atomic E-state index is 0.218. The van der Waals surface area contributed by atoms with Gasteiger partial charge in [0, 0.05) is 19.1 Å². The van der Waals surface area contributed by atoms with Crippen molar-refractivity contribution in [3.63, 3.8) is 0 Å². The van der Waals surface area contributed by atoms with E-state index in [1.54, 1.807) is 0 Å². The largest absolute Gasteiger partial charge is 0.342 e. The maximum atomic E-state index is 11.7. The van der Waals surface area contributed by atoms with Gasteiger partial charge in [0.05, 0.1) is 6.54 Å². The van der Waals surface area contributed by atoms with E-state index in [1.807, 2.05) is 23.7 Å². The van der Waals surface area contributed by atoms with E-state index in [1.165, 1.54) is 12.8 Å². The van der Waals surface area contributed by atoms with Crippen LogP contribution < -0.4 is 5.32 Å². The van der Waals surface area contributed by atoms with E-state index in [9.17, 15) is 4.79 Å². The third kappa shape index (κ3) is 4.89. The zero-order valence-electron chi connectivity index (χ0n) is 9.95. The second kappa shape index (κ2) is 6.38. The number of rotatable bonds is 7. The molecule has 0 aromatic carbocycles. The molecule has 1 N–H and O–H groups in total. The molecule has 0 saturated heterocycles. The number of thioether (sulfide) groups is 1. The lowest BCUT2D eigenvalue weighted by atomic mass is 10.2. The fourth-order valence-corrected chi connectivity index (χ4v) is 1.95. The van der Waals surface area contributed by atoms with Crippen LogP contribution in [0.15, 0.2) is 0 Å². The first-order chi connectivity index (χ1) is 7.15. The van der Waals surface area contributed by atoms with Gasteiger partial charge in [-0.05, 0) is 38.2 Å². The number of likely N-dealkylation sites (N-methyl/N-ethyl adjacent to an activating group) is 1. The molecule has 1 atom stereocenters. The Morgan fingerprint density at radius 2 is 2.27 bits per heavy atom. The molecule has 1 rings (SSSR count). The monoisotopic (exact) mass is 230 g/mol. The summed E-state index contributed by atoms with van der Waals surface area (Å²) in [4.78, 5) is 13.6. The van der Waals surface area contributed by atoms with Gasteiger partial charge in [0.2, 0.25) is 5.91 Å². The summed E-state index contributed by atoms with van der Waals surface area (Å²) in [5.41, 5.74) is 0. The molecular formula is C11H22N2OS. The molecule has 1 saturated carbocycles. The molecule has 1 aliphatic carbocycles. The minimum absolute atomic E-state index is 0.218. The summed E-state index contributed by atoms with van der Waals surface area (Å²) in [6.07, 6.45) is 5.65. The normalized spacial score (nSPS) is 17.5. The van der Waals surface area contributed by atoms with E-state index >= 15 is 0 Å². The highest BCUT2D eigenvalue weighted by Crippen LogP contribution is 2.18. The lowest BCUT2D eigenvalue weighted by molar-refractivity contribution is -0.130.